The molecule has 0 spiro atoms. The maximum absolute atomic E-state index is 13.5. The van der Waals surface area contributed by atoms with Gasteiger partial charge in [0, 0.05) is 49.9 Å². The first-order valence-corrected chi connectivity index (χ1v) is 13.2. The molecular formula is C26H30N6O3S. The first-order valence-electron chi connectivity index (χ1n) is 12.3. The molecule has 1 saturated carbocycles. The number of aromatic nitrogens is 3. The zero-order valence-corrected chi connectivity index (χ0v) is 21.5. The Labute approximate surface area is 213 Å². The van der Waals surface area contributed by atoms with Crippen LogP contribution in [-0.2, 0) is 7.05 Å². The second-order valence-electron chi connectivity index (χ2n) is 9.56. The lowest BCUT2D eigenvalue weighted by molar-refractivity contribution is 0.102. The van der Waals surface area contributed by atoms with Crippen molar-refractivity contribution in [2.24, 2.45) is 7.05 Å². The van der Waals surface area contributed by atoms with Gasteiger partial charge in [-0.3, -0.25) is 9.48 Å². The van der Waals surface area contributed by atoms with Crippen LogP contribution in [0.3, 0.4) is 0 Å². The van der Waals surface area contributed by atoms with Gasteiger partial charge in [-0.1, -0.05) is 11.3 Å². The summed E-state index contributed by atoms with van der Waals surface area (Å²) < 4.78 is 13.7. The smallest absolute Gasteiger partial charge is 0.274 e. The molecule has 10 heteroatoms. The number of aryl methyl sites for hydroxylation is 1. The summed E-state index contributed by atoms with van der Waals surface area (Å²) in [5, 5.41) is 12.7. The van der Waals surface area contributed by atoms with Crippen LogP contribution in [0.4, 0.5) is 11.4 Å². The van der Waals surface area contributed by atoms with Gasteiger partial charge >= 0.3 is 0 Å². The minimum absolute atomic E-state index is 0.242. The molecule has 0 unspecified atom stereocenters. The average Bonchev–Trinajstić information content (AvgIpc) is 3.46. The number of methoxy groups -OCH3 is 2. The molecule has 36 heavy (non-hydrogen) atoms. The van der Waals surface area contributed by atoms with Crippen molar-refractivity contribution < 1.29 is 14.3 Å². The van der Waals surface area contributed by atoms with Gasteiger partial charge in [0.1, 0.15) is 11.3 Å². The lowest BCUT2D eigenvalue weighted by atomic mass is 10.0. The highest BCUT2D eigenvalue weighted by molar-refractivity contribution is 7.21. The van der Waals surface area contributed by atoms with E-state index in [2.05, 4.69) is 25.6 Å². The topological polar surface area (TPSA) is 93.5 Å². The van der Waals surface area contributed by atoms with Crippen LogP contribution >= 0.6 is 11.3 Å². The Morgan fingerprint density at radius 2 is 1.86 bits per heavy atom. The van der Waals surface area contributed by atoms with E-state index in [4.69, 9.17) is 9.47 Å². The summed E-state index contributed by atoms with van der Waals surface area (Å²) >= 11 is 1.48. The van der Waals surface area contributed by atoms with E-state index >= 15 is 0 Å². The summed E-state index contributed by atoms with van der Waals surface area (Å²) in [6.07, 6.45) is 6.77. The number of ether oxygens (including phenoxy) is 2. The maximum atomic E-state index is 13.5. The number of carbonyl (C=O) groups excluding carboxylic acids is 1. The molecule has 6 rings (SSSR count). The van der Waals surface area contributed by atoms with Gasteiger partial charge in [-0.05, 0) is 43.9 Å². The minimum atomic E-state index is -0.242. The molecule has 9 nitrogen and oxygen atoms in total. The Bertz CT molecular complexity index is 1430. The van der Waals surface area contributed by atoms with Crippen LogP contribution < -0.4 is 25.0 Å². The normalized spacial score (nSPS) is 16.6. The van der Waals surface area contributed by atoms with E-state index in [1.165, 1.54) is 24.2 Å². The predicted molar refractivity (Wildman–Crippen MR) is 143 cm³/mol. The number of thiazole rings is 1. The Morgan fingerprint density at radius 1 is 1.08 bits per heavy atom. The number of piperidine rings is 1. The molecule has 4 aromatic rings. The van der Waals surface area contributed by atoms with Crippen LogP contribution in [0.1, 0.15) is 36.0 Å². The fraction of sp³-hybridized carbons (Fsp3) is 0.423. The lowest BCUT2D eigenvalue weighted by Gasteiger charge is -2.34. The lowest BCUT2D eigenvalue weighted by Crippen LogP contribution is -2.43. The highest BCUT2D eigenvalue weighted by Crippen LogP contribution is 2.39. The van der Waals surface area contributed by atoms with E-state index in [1.54, 1.807) is 18.9 Å². The molecule has 1 saturated heterocycles. The number of anilines is 2. The first-order chi connectivity index (χ1) is 17.5. The highest BCUT2D eigenvalue weighted by atomic mass is 32.1. The van der Waals surface area contributed by atoms with Crippen LogP contribution in [0, 0.1) is 0 Å². The Morgan fingerprint density at radius 3 is 2.58 bits per heavy atom. The summed E-state index contributed by atoms with van der Waals surface area (Å²) in [6, 6.07) is 8.95. The molecule has 0 bridgehead atoms. The summed E-state index contributed by atoms with van der Waals surface area (Å²) in [5.74, 6) is 0.314. The number of hydrogen-bond donors (Lipinski definition) is 2. The standard InChI is InChI=1S/C26H30N6O3S/c1-31-14-15-12-20(22(34-2)13-19(15)30-31)28-25(33)18-6-7-21(24-23(18)29-26(35-3)36-24)32-10-8-17(9-11-32)27-16-4-5-16/h6-7,12-14,16-17,27H,4-5,8-11H2,1-3H3,(H,28,33). The number of hydrogen-bond acceptors (Lipinski definition) is 8. The van der Waals surface area contributed by atoms with E-state index in [1.807, 2.05) is 37.5 Å². The van der Waals surface area contributed by atoms with Crippen molar-refractivity contribution in [2.75, 3.05) is 37.5 Å². The fourth-order valence-corrected chi connectivity index (χ4v) is 5.94. The molecule has 2 aromatic carbocycles. The van der Waals surface area contributed by atoms with Crippen molar-refractivity contribution in [3.63, 3.8) is 0 Å². The van der Waals surface area contributed by atoms with E-state index in [0.717, 1.165) is 53.3 Å². The number of nitrogens with one attached hydrogen (secondary N) is 2. The fourth-order valence-electron chi connectivity index (χ4n) is 5.00. The maximum Gasteiger partial charge on any atom is 0.274 e. The summed E-state index contributed by atoms with van der Waals surface area (Å²) in [6.45, 7) is 1.96. The molecule has 3 heterocycles. The van der Waals surface area contributed by atoms with E-state index in [0.29, 0.717) is 33.8 Å². The SMILES string of the molecule is COc1nc2c(C(=O)Nc3cc4cn(C)nc4cc3OC)ccc(N3CCC(NC4CC4)CC3)c2s1. The zero-order valence-electron chi connectivity index (χ0n) is 20.7. The van der Waals surface area contributed by atoms with Crippen LogP contribution in [0.2, 0.25) is 0 Å². The number of rotatable bonds is 7. The van der Waals surface area contributed by atoms with Gasteiger partial charge < -0.3 is 25.0 Å². The number of fused-ring (bicyclic) bond motifs is 2. The van der Waals surface area contributed by atoms with Crippen molar-refractivity contribution in [1.29, 1.82) is 0 Å². The van der Waals surface area contributed by atoms with Crippen molar-refractivity contribution in [3.05, 3.63) is 36.0 Å². The van der Waals surface area contributed by atoms with Crippen molar-refractivity contribution in [3.8, 4) is 10.9 Å². The zero-order chi connectivity index (χ0) is 24.8. The monoisotopic (exact) mass is 506 g/mol. The summed E-state index contributed by atoms with van der Waals surface area (Å²) in [4.78, 5) is 20.6. The van der Waals surface area contributed by atoms with Gasteiger partial charge in [-0.15, -0.1) is 0 Å². The molecular weight excluding hydrogens is 476 g/mol. The summed E-state index contributed by atoms with van der Waals surface area (Å²) in [5.41, 5.74) is 3.67. The molecule has 2 fully saturated rings. The second-order valence-corrected chi connectivity index (χ2v) is 10.5. The number of nitrogens with zero attached hydrogens (tertiary/aromatic N) is 4. The third-order valence-electron chi connectivity index (χ3n) is 7.00. The molecule has 2 N–H and O–H groups in total. The molecule has 1 aliphatic carbocycles. The Balaban J connectivity index is 1.29. The van der Waals surface area contributed by atoms with E-state index < -0.39 is 0 Å². The van der Waals surface area contributed by atoms with Gasteiger partial charge in [0.15, 0.2) is 0 Å². The van der Waals surface area contributed by atoms with Gasteiger partial charge in [-0.25, -0.2) is 4.98 Å². The second kappa shape index (κ2) is 9.25. The van der Waals surface area contributed by atoms with Gasteiger partial charge in [0.05, 0.1) is 41.4 Å². The van der Waals surface area contributed by atoms with Gasteiger partial charge in [-0.2, -0.15) is 5.10 Å². The van der Waals surface area contributed by atoms with Crippen LogP contribution in [0.15, 0.2) is 30.5 Å². The van der Waals surface area contributed by atoms with Crippen molar-refractivity contribution in [2.45, 2.75) is 37.8 Å². The Hall–Kier alpha value is -3.37. The molecule has 188 valence electrons. The molecule has 0 atom stereocenters. The highest BCUT2D eigenvalue weighted by Gasteiger charge is 2.28. The minimum Gasteiger partial charge on any atom is -0.494 e. The molecule has 0 radical (unpaired) electrons. The third-order valence-corrected chi connectivity index (χ3v) is 8.03. The van der Waals surface area contributed by atoms with Crippen LogP contribution in [0.5, 0.6) is 10.9 Å². The number of carbonyl (C=O) groups is 1. The van der Waals surface area contributed by atoms with Crippen LogP contribution in [-0.4, -0.2) is 60.1 Å². The van der Waals surface area contributed by atoms with E-state index in [9.17, 15) is 4.79 Å². The van der Waals surface area contributed by atoms with Gasteiger partial charge in [0.2, 0.25) is 0 Å². The van der Waals surface area contributed by atoms with Crippen molar-refractivity contribution >= 4 is 49.7 Å². The molecule has 1 aliphatic heterocycles. The largest absolute Gasteiger partial charge is 0.494 e. The van der Waals surface area contributed by atoms with Crippen molar-refractivity contribution in [1.82, 2.24) is 20.1 Å². The Kier molecular flexibility index (Phi) is 5.93. The first kappa shape index (κ1) is 23.1. The molecule has 2 aliphatic rings. The quantitative estimate of drug-likeness (QED) is 0.389. The average molecular weight is 507 g/mol. The van der Waals surface area contributed by atoms with Crippen LogP contribution in [0.25, 0.3) is 21.1 Å². The van der Waals surface area contributed by atoms with Gasteiger partial charge in [0.25, 0.3) is 11.1 Å². The predicted octanol–water partition coefficient (Wildman–Crippen LogP) is 4.17. The third kappa shape index (κ3) is 4.35. The summed E-state index contributed by atoms with van der Waals surface area (Å²) in [7, 11) is 5.06. The van der Waals surface area contributed by atoms with E-state index in [-0.39, 0.29) is 5.91 Å². The molecule has 1 amide bonds. The number of amides is 1. The number of benzene rings is 2. The molecule has 2 aromatic heterocycles.